The van der Waals surface area contributed by atoms with Gasteiger partial charge in [0.05, 0.1) is 11.3 Å². The number of nitrogen functional groups attached to an aromatic ring is 1. The van der Waals surface area contributed by atoms with Gasteiger partial charge in [-0.3, -0.25) is 10.6 Å². The van der Waals surface area contributed by atoms with Crippen LogP contribution >= 0.6 is 0 Å². The van der Waals surface area contributed by atoms with Crippen molar-refractivity contribution in [2.45, 2.75) is 19.8 Å². The van der Waals surface area contributed by atoms with E-state index in [0.717, 1.165) is 38.0 Å². The highest BCUT2D eigenvalue weighted by molar-refractivity contribution is 5.99. The fourth-order valence-electron chi connectivity index (χ4n) is 2.97. The molecule has 1 aliphatic heterocycles. The van der Waals surface area contributed by atoms with Gasteiger partial charge in [-0.05, 0) is 57.5 Å². The minimum atomic E-state index is 0.0752. The van der Waals surface area contributed by atoms with Crippen LogP contribution in [0.2, 0.25) is 0 Å². The van der Waals surface area contributed by atoms with Crippen molar-refractivity contribution < 1.29 is 4.79 Å². The van der Waals surface area contributed by atoms with Gasteiger partial charge in [-0.2, -0.15) is 0 Å². The molecule has 0 aromatic heterocycles. The SMILES string of the molecule is Cc1ccc(C(=O)N2CCC(CN(C)C)CC2)c(NN)c1. The first kappa shape index (κ1) is 15.8. The number of nitrogens with zero attached hydrogens (tertiary/aromatic N) is 2. The third-order valence-corrected chi connectivity index (χ3v) is 4.09. The third kappa shape index (κ3) is 3.95. The molecule has 1 saturated heterocycles. The molecule has 1 aromatic rings. The van der Waals surface area contributed by atoms with Crippen LogP contribution in [0.4, 0.5) is 5.69 Å². The average Bonchev–Trinajstić information content (AvgIpc) is 2.46. The Bertz CT molecular complexity index is 493. The number of nitrogens with one attached hydrogen (secondary N) is 1. The fraction of sp³-hybridized carbons (Fsp3) is 0.562. The number of carbonyl (C=O) groups is 1. The zero-order valence-electron chi connectivity index (χ0n) is 13.2. The van der Waals surface area contributed by atoms with Crippen molar-refractivity contribution in [1.29, 1.82) is 0 Å². The minimum Gasteiger partial charge on any atom is -0.339 e. The Kier molecular flexibility index (Phi) is 5.20. The van der Waals surface area contributed by atoms with E-state index in [1.165, 1.54) is 0 Å². The first-order chi connectivity index (χ1) is 10.0. The summed E-state index contributed by atoms with van der Waals surface area (Å²) in [5.74, 6) is 6.30. The van der Waals surface area contributed by atoms with Crippen molar-refractivity contribution in [3.8, 4) is 0 Å². The van der Waals surface area contributed by atoms with Gasteiger partial charge < -0.3 is 15.2 Å². The van der Waals surface area contributed by atoms with Crippen LogP contribution < -0.4 is 11.3 Å². The first-order valence-corrected chi connectivity index (χ1v) is 7.52. The number of amides is 1. The molecule has 1 fully saturated rings. The van der Waals surface area contributed by atoms with E-state index in [2.05, 4.69) is 24.4 Å². The van der Waals surface area contributed by atoms with Gasteiger partial charge in [0.2, 0.25) is 0 Å². The molecule has 116 valence electrons. The smallest absolute Gasteiger partial charge is 0.256 e. The summed E-state index contributed by atoms with van der Waals surface area (Å²) in [6.07, 6.45) is 2.14. The van der Waals surface area contributed by atoms with E-state index < -0.39 is 0 Å². The maximum Gasteiger partial charge on any atom is 0.256 e. The van der Waals surface area contributed by atoms with Crippen molar-refractivity contribution in [3.05, 3.63) is 29.3 Å². The number of hydrogen-bond acceptors (Lipinski definition) is 4. The number of nitrogens with two attached hydrogens (primary N) is 1. The summed E-state index contributed by atoms with van der Waals surface area (Å²) in [6, 6.07) is 5.72. The molecular weight excluding hydrogens is 264 g/mol. The minimum absolute atomic E-state index is 0.0752. The number of carbonyl (C=O) groups excluding carboxylic acids is 1. The summed E-state index contributed by atoms with van der Waals surface area (Å²) in [5, 5.41) is 0. The molecule has 1 aliphatic rings. The van der Waals surface area contributed by atoms with Gasteiger partial charge in [0.1, 0.15) is 0 Å². The quantitative estimate of drug-likeness (QED) is 0.654. The Morgan fingerprint density at radius 3 is 2.62 bits per heavy atom. The molecule has 0 spiro atoms. The summed E-state index contributed by atoms with van der Waals surface area (Å²) in [4.78, 5) is 16.8. The predicted octanol–water partition coefficient (Wildman–Crippen LogP) is 1.69. The lowest BCUT2D eigenvalue weighted by Crippen LogP contribution is -2.41. The van der Waals surface area contributed by atoms with E-state index in [-0.39, 0.29) is 5.91 Å². The summed E-state index contributed by atoms with van der Waals surface area (Å²) in [6.45, 7) is 4.74. The second kappa shape index (κ2) is 6.91. The van der Waals surface area contributed by atoms with Crippen LogP contribution in [0.1, 0.15) is 28.8 Å². The van der Waals surface area contributed by atoms with Crippen molar-refractivity contribution >= 4 is 11.6 Å². The lowest BCUT2D eigenvalue weighted by Gasteiger charge is -2.33. The molecule has 0 radical (unpaired) electrons. The maximum atomic E-state index is 12.6. The normalized spacial score (nSPS) is 16.3. The van der Waals surface area contributed by atoms with Crippen molar-refractivity contribution in [3.63, 3.8) is 0 Å². The molecule has 21 heavy (non-hydrogen) atoms. The van der Waals surface area contributed by atoms with Crippen LogP contribution in [-0.2, 0) is 0 Å². The Morgan fingerprint density at radius 2 is 2.05 bits per heavy atom. The molecule has 0 aliphatic carbocycles. The van der Waals surface area contributed by atoms with Gasteiger partial charge in [-0.25, -0.2) is 0 Å². The Labute approximate surface area is 127 Å². The number of likely N-dealkylation sites (tertiary alicyclic amines) is 1. The Morgan fingerprint density at radius 1 is 1.38 bits per heavy atom. The van der Waals surface area contributed by atoms with E-state index in [1.807, 2.05) is 30.0 Å². The fourth-order valence-corrected chi connectivity index (χ4v) is 2.97. The largest absolute Gasteiger partial charge is 0.339 e. The van der Waals surface area contributed by atoms with Gasteiger partial charge in [-0.1, -0.05) is 6.07 Å². The number of hydrogen-bond donors (Lipinski definition) is 2. The highest BCUT2D eigenvalue weighted by Crippen LogP contribution is 2.23. The number of benzene rings is 1. The van der Waals surface area contributed by atoms with E-state index in [0.29, 0.717) is 17.2 Å². The zero-order chi connectivity index (χ0) is 15.4. The Hall–Kier alpha value is -1.59. The lowest BCUT2D eigenvalue weighted by molar-refractivity contribution is 0.0679. The third-order valence-electron chi connectivity index (χ3n) is 4.09. The molecule has 1 aromatic carbocycles. The highest BCUT2D eigenvalue weighted by Gasteiger charge is 2.25. The van der Waals surface area contributed by atoms with E-state index in [9.17, 15) is 4.79 Å². The van der Waals surface area contributed by atoms with Crippen LogP contribution in [-0.4, -0.2) is 49.4 Å². The van der Waals surface area contributed by atoms with E-state index >= 15 is 0 Å². The lowest BCUT2D eigenvalue weighted by atomic mass is 9.95. The predicted molar refractivity (Wildman–Crippen MR) is 86.2 cm³/mol. The molecule has 0 bridgehead atoms. The van der Waals surface area contributed by atoms with Crippen LogP contribution in [0.15, 0.2) is 18.2 Å². The summed E-state index contributed by atoms with van der Waals surface area (Å²) >= 11 is 0. The molecule has 1 amide bonds. The van der Waals surface area contributed by atoms with Crippen molar-refractivity contribution in [2.24, 2.45) is 11.8 Å². The van der Waals surface area contributed by atoms with Crippen molar-refractivity contribution in [1.82, 2.24) is 9.80 Å². The average molecular weight is 290 g/mol. The Balaban J connectivity index is 2.02. The molecule has 3 N–H and O–H groups in total. The van der Waals surface area contributed by atoms with E-state index in [4.69, 9.17) is 5.84 Å². The maximum absolute atomic E-state index is 12.6. The summed E-state index contributed by atoms with van der Waals surface area (Å²) in [7, 11) is 4.20. The van der Waals surface area contributed by atoms with E-state index in [1.54, 1.807) is 0 Å². The molecule has 0 saturated carbocycles. The highest BCUT2D eigenvalue weighted by atomic mass is 16.2. The number of piperidine rings is 1. The molecular formula is C16H26N4O. The van der Waals surface area contributed by atoms with Crippen LogP contribution in [0.5, 0.6) is 0 Å². The second-order valence-corrected chi connectivity index (χ2v) is 6.19. The molecule has 1 heterocycles. The molecule has 0 unspecified atom stereocenters. The van der Waals surface area contributed by atoms with Gasteiger partial charge in [0, 0.05) is 19.6 Å². The number of hydrazine groups is 1. The number of rotatable bonds is 4. The molecule has 2 rings (SSSR count). The van der Waals surface area contributed by atoms with Crippen LogP contribution in [0, 0.1) is 12.8 Å². The van der Waals surface area contributed by atoms with Crippen LogP contribution in [0.25, 0.3) is 0 Å². The van der Waals surface area contributed by atoms with Gasteiger partial charge in [-0.15, -0.1) is 0 Å². The van der Waals surface area contributed by atoms with Gasteiger partial charge in [0.25, 0.3) is 5.91 Å². The number of anilines is 1. The second-order valence-electron chi connectivity index (χ2n) is 6.19. The van der Waals surface area contributed by atoms with Crippen LogP contribution in [0.3, 0.4) is 0 Å². The van der Waals surface area contributed by atoms with Gasteiger partial charge in [0.15, 0.2) is 0 Å². The molecule has 0 atom stereocenters. The van der Waals surface area contributed by atoms with Crippen molar-refractivity contribution in [2.75, 3.05) is 39.2 Å². The topological polar surface area (TPSA) is 61.6 Å². The monoisotopic (exact) mass is 290 g/mol. The number of aryl methyl sites for hydroxylation is 1. The molecule has 5 heteroatoms. The zero-order valence-corrected chi connectivity index (χ0v) is 13.2. The summed E-state index contributed by atoms with van der Waals surface area (Å²) < 4.78 is 0. The summed E-state index contributed by atoms with van der Waals surface area (Å²) in [5.41, 5.74) is 5.09. The van der Waals surface area contributed by atoms with Gasteiger partial charge >= 0.3 is 0 Å². The first-order valence-electron chi connectivity index (χ1n) is 7.52. The standard InChI is InChI=1S/C16H26N4O/c1-12-4-5-14(15(10-12)18-17)16(21)20-8-6-13(7-9-20)11-19(2)3/h4-5,10,13,18H,6-9,11,17H2,1-3H3. The molecule has 5 nitrogen and oxygen atoms in total.